The van der Waals surface area contributed by atoms with Crippen LogP contribution >= 0.6 is 0 Å². The molecule has 0 bridgehead atoms. The maximum absolute atomic E-state index is 12.5. The predicted molar refractivity (Wildman–Crippen MR) is 62.2 cm³/mol. The summed E-state index contributed by atoms with van der Waals surface area (Å²) in [6.45, 7) is 1.37. The van der Waals surface area contributed by atoms with Gasteiger partial charge in [0.15, 0.2) is 0 Å². The third-order valence-corrected chi connectivity index (χ3v) is 3.18. The zero-order chi connectivity index (χ0) is 12.3. The van der Waals surface area contributed by atoms with Crippen molar-refractivity contribution < 1.29 is 9.18 Å². The van der Waals surface area contributed by atoms with Gasteiger partial charge in [0.25, 0.3) is 0 Å². The fourth-order valence-electron chi connectivity index (χ4n) is 2.11. The molecule has 0 N–H and O–H groups in total. The summed E-state index contributed by atoms with van der Waals surface area (Å²) in [5.74, 6) is -0.426. The summed E-state index contributed by atoms with van der Waals surface area (Å²) in [5.41, 5.74) is 1.65. The molecule has 0 aliphatic carbocycles. The summed E-state index contributed by atoms with van der Waals surface area (Å²) in [6, 6.07) is 8.18. The maximum atomic E-state index is 12.5. The fourth-order valence-corrected chi connectivity index (χ4v) is 2.11. The van der Waals surface area contributed by atoms with Gasteiger partial charge in [0.1, 0.15) is 0 Å². The van der Waals surface area contributed by atoms with Crippen molar-refractivity contribution in [2.75, 3.05) is 18.0 Å². The Labute approximate surface area is 99.5 Å². The molecule has 1 aliphatic rings. The standard InChI is InChI=1S/C13H13FN2O/c14-13(17)11-5-7-16(8-6-11)12-3-1-10(9-15)2-4-12/h1-4,11H,5-8H2. The van der Waals surface area contributed by atoms with Crippen molar-refractivity contribution in [2.45, 2.75) is 12.8 Å². The molecule has 1 heterocycles. The topological polar surface area (TPSA) is 44.1 Å². The number of hydrogen-bond donors (Lipinski definition) is 0. The van der Waals surface area contributed by atoms with Crippen molar-refractivity contribution in [1.82, 2.24) is 0 Å². The number of nitrogens with zero attached hydrogens (tertiary/aromatic N) is 2. The highest BCUT2D eigenvalue weighted by Crippen LogP contribution is 2.24. The molecule has 1 aromatic rings. The van der Waals surface area contributed by atoms with E-state index < -0.39 is 12.0 Å². The Balaban J connectivity index is 2.00. The van der Waals surface area contributed by atoms with Gasteiger partial charge in [0, 0.05) is 18.8 Å². The van der Waals surface area contributed by atoms with Crippen LogP contribution in [0.4, 0.5) is 10.1 Å². The molecule has 0 amide bonds. The van der Waals surface area contributed by atoms with Crippen LogP contribution in [0.25, 0.3) is 0 Å². The van der Waals surface area contributed by atoms with Crippen molar-refractivity contribution in [3.05, 3.63) is 29.8 Å². The Bertz CT molecular complexity index is 441. The highest BCUT2D eigenvalue weighted by molar-refractivity contribution is 5.71. The number of carbonyl (C=O) groups excluding carboxylic acids is 1. The van der Waals surface area contributed by atoms with E-state index in [0.29, 0.717) is 31.5 Å². The van der Waals surface area contributed by atoms with Gasteiger partial charge >= 0.3 is 6.04 Å². The van der Waals surface area contributed by atoms with E-state index in [2.05, 4.69) is 11.0 Å². The highest BCUT2D eigenvalue weighted by atomic mass is 19.1. The molecule has 2 rings (SSSR count). The molecule has 0 saturated carbocycles. The van der Waals surface area contributed by atoms with Gasteiger partial charge in [-0.1, -0.05) is 0 Å². The summed E-state index contributed by atoms with van der Waals surface area (Å²) >= 11 is 0. The van der Waals surface area contributed by atoms with Crippen molar-refractivity contribution >= 4 is 11.7 Å². The molecule has 3 nitrogen and oxygen atoms in total. The van der Waals surface area contributed by atoms with E-state index >= 15 is 0 Å². The highest BCUT2D eigenvalue weighted by Gasteiger charge is 2.24. The number of anilines is 1. The quantitative estimate of drug-likeness (QED) is 0.735. The van der Waals surface area contributed by atoms with Crippen LogP contribution in [0.2, 0.25) is 0 Å². The monoisotopic (exact) mass is 232 g/mol. The Kier molecular flexibility index (Phi) is 3.38. The second-order valence-electron chi connectivity index (χ2n) is 4.22. The maximum Gasteiger partial charge on any atom is 0.304 e. The Morgan fingerprint density at radius 2 is 1.88 bits per heavy atom. The molecule has 1 fully saturated rings. The molecular formula is C13H13FN2O. The SMILES string of the molecule is N#Cc1ccc(N2CCC(C(=O)F)CC2)cc1. The van der Waals surface area contributed by atoms with Gasteiger partial charge < -0.3 is 4.90 Å². The smallest absolute Gasteiger partial charge is 0.304 e. The van der Waals surface area contributed by atoms with Crippen LogP contribution in [-0.4, -0.2) is 19.1 Å². The number of nitriles is 1. The van der Waals surface area contributed by atoms with Crippen molar-refractivity contribution in [3.8, 4) is 6.07 Å². The third kappa shape index (κ3) is 2.62. The van der Waals surface area contributed by atoms with Crippen LogP contribution in [0.3, 0.4) is 0 Å². The van der Waals surface area contributed by atoms with Crippen LogP contribution in [-0.2, 0) is 4.79 Å². The number of carbonyl (C=O) groups is 1. The molecule has 0 spiro atoms. The second kappa shape index (κ2) is 4.96. The van der Waals surface area contributed by atoms with Crippen LogP contribution in [0.5, 0.6) is 0 Å². The molecule has 1 saturated heterocycles. The van der Waals surface area contributed by atoms with Crippen LogP contribution < -0.4 is 4.90 Å². The first kappa shape index (κ1) is 11.6. The van der Waals surface area contributed by atoms with E-state index in [4.69, 9.17) is 5.26 Å². The third-order valence-electron chi connectivity index (χ3n) is 3.18. The van der Waals surface area contributed by atoms with Gasteiger partial charge in [-0.05, 0) is 37.1 Å². The fraction of sp³-hybridized carbons (Fsp3) is 0.385. The van der Waals surface area contributed by atoms with Gasteiger partial charge in [0.2, 0.25) is 0 Å². The summed E-state index contributed by atoms with van der Waals surface area (Å²) in [5, 5.41) is 8.69. The van der Waals surface area contributed by atoms with E-state index in [0.717, 1.165) is 5.69 Å². The molecule has 17 heavy (non-hydrogen) atoms. The van der Waals surface area contributed by atoms with Crippen molar-refractivity contribution in [2.24, 2.45) is 5.92 Å². The van der Waals surface area contributed by atoms with Gasteiger partial charge in [-0.15, -0.1) is 0 Å². The zero-order valence-corrected chi connectivity index (χ0v) is 9.40. The minimum atomic E-state index is -1.19. The van der Waals surface area contributed by atoms with E-state index in [1.54, 1.807) is 12.1 Å². The number of benzene rings is 1. The normalized spacial score (nSPS) is 16.6. The molecule has 0 unspecified atom stereocenters. The molecule has 88 valence electrons. The zero-order valence-electron chi connectivity index (χ0n) is 9.40. The number of piperidine rings is 1. The molecule has 1 aromatic carbocycles. The van der Waals surface area contributed by atoms with E-state index in [9.17, 15) is 9.18 Å². The lowest BCUT2D eigenvalue weighted by Crippen LogP contribution is -2.35. The first-order valence-corrected chi connectivity index (χ1v) is 5.65. The minimum Gasteiger partial charge on any atom is -0.371 e. The molecule has 4 heteroatoms. The van der Waals surface area contributed by atoms with E-state index in [1.165, 1.54) is 0 Å². The van der Waals surface area contributed by atoms with Crippen LogP contribution in [0.15, 0.2) is 24.3 Å². The molecular weight excluding hydrogens is 219 g/mol. The predicted octanol–water partition coefficient (Wildman–Crippen LogP) is 2.27. The molecule has 0 radical (unpaired) electrons. The molecule has 0 aromatic heterocycles. The van der Waals surface area contributed by atoms with Gasteiger partial charge in [-0.2, -0.15) is 9.65 Å². The number of halogens is 1. The van der Waals surface area contributed by atoms with E-state index in [-0.39, 0.29) is 0 Å². The largest absolute Gasteiger partial charge is 0.371 e. The number of rotatable bonds is 2. The Morgan fingerprint density at radius 3 is 2.35 bits per heavy atom. The van der Waals surface area contributed by atoms with Crippen molar-refractivity contribution in [3.63, 3.8) is 0 Å². The lowest BCUT2D eigenvalue weighted by Gasteiger charge is -2.31. The average Bonchev–Trinajstić information content (AvgIpc) is 2.39. The first-order chi connectivity index (χ1) is 8.20. The summed E-state index contributed by atoms with van der Waals surface area (Å²) in [7, 11) is 0. The summed E-state index contributed by atoms with van der Waals surface area (Å²) in [4.78, 5) is 12.7. The average molecular weight is 232 g/mol. The summed E-state index contributed by atoms with van der Waals surface area (Å²) in [6.07, 6.45) is 1.13. The Hall–Kier alpha value is -1.89. The first-order valence-electron chi connectivity index (χ1n) is 5.65. The summed E-state index contributed by atoms with van der Waals surface area (Å²) < 4.78 is 12.5. The van der Waals surface area contributed by atoms with Crippen LogP contribution in [0, 0.1) is 17.2 Å². The molecule has 0 atom stereocenters. The molecule has 1 aliphatic heterocycles. The minimum absolute atomic E-state index is 0.426. The van der Waals surface area contributed by atoms with E-state index in [1.807, 2.05) is 12.1 Å². The van der Waals surface area contributed by atoms with Crippen LogP contribution in [0.1, 0.15) is 18.4 Å². The van der Waals surface area contributed by atoms with Crippen molar-refractivity contribution in [1.29, 1.82) is 5.26 Å². The van der Waals surface area contributed by atoms with Gasteiger partial charge in [-0.25, -0.2) is 0 Å². The van der Waals surface area contributed by atoms with Gasteiger partial charge in [-0.3, -0.25) is 4.79 Å². The Morgan fingerprint density at radius 1 is 1.29 bits per heavy atom. The van der Waals surface area contributed by atoms with Gasteiger partial charge in [0.05, 0.1) is 17.6 Å². The lowest BCUT2D eigenvalue weighted by molar-refractivity contribution is -0.134. The second-order valence-corrected chi connectivity index (χ2v) is 4.22. The lowest BCUT2D eigenvalue weighted by atomic mass is 9.97. The number of hydrogen-bond acceptors (Lipinski definition) is 3.